The molecule has 0 spiro atoms. The zero-order valence-electron chi connectivity index (χ0n) is 9.88. The Kier molecular flexibility index (Phi) is 3.37. The first kappa shape index (κ1) is 12.3. The maximum Gasteiger partial charge on any atom is 0.412 e. The Labute approximate surface area is 93.8 Å². The van der Waals surface area contributed by atoms with Gasteiger partial charge in [0.2, 0.25) is 0 Å². The van der Waals surface area contributed by atoms with Crippen molar-refractivity contribution in [3.05, 3.63) is 28.2 Å². The first-order valence-electron chi connectivity index (χ1n) is 4.98. The average Bonchev–Trinajstić information content (AvgIpc) is 2.08. The molecule has 5 nitrogen and oxygen atoms in total. The minimum Gasteiger partial charge on any atom is -0.444 e. The Bertz CT molecular complexity index is 443. The van der Waals surface area contributed by atoms with E-state index in [2.05, 4.69) is 10.3 Å². The van der Waals surface area contributed by atoms with Crippen LogP contribution in [0.15, 0.2) is 17.1 Å². The minimum atomic E-state index is -0.632. The highest BCUT2D eigenvalue weighted by atomic mass is 16.6. The molecule has 1 rings (SSSR count). The fourth-order valence-electron chi connectivity index (χ4n) is 1.14. The lowest BCUT2D eigenvalue weighted by Gasteiger charge is -2.19. The van der Waals surface area contributed by atoms with Crippen molar-refractivity contribution in [3.63, 3.8) is 0 Å². The van der Waals surface area contributed by atoms with Crippen LogP contribution in [0.3, 0.4) is 0 Å². The third kappa shape index (κ3) is 3.42. The second-order valence-corrected chi connectivity index (χ2v) is 4.49. The normalized spacial score (nSPS) is 11.0. The summed E-state index contributed by atoms with van der Waals surface area (Å²) in [7, 11) is 0. The Balaban J connectivity index is 2.82. The second-order valence-electron chi connectivity index (χ2n) is 4.49. The summed E-state index contributed by atoms with van der Waals surface area (Å²) in [4.78, 5) is 25.3. The highest BCUT2D eigenvalue weighted by Crippen LogP contribution is 2.11. The van der Waals surface area contributed by atoms with E-state index in [4.69, 9.17) is 4.74 Å². The smallest absolute Gasteiger partial charge is 0.412 e. The van der Waals surface area contributed by atoms with Crippen molar-refractivity contribution in [3.8, 4) is 0 Å². The van der Waals surface area contributed by atoms with Crippen LogP contribution in [0.1, 0.15) is 26.3 Å². The van der Waals surface area contributed by atoms with Gasteiger partial charge in [0.15, 0.2) is 0 Å². The molecular weight excluding hydrogens is 208 g/mol. The topological polar surface area (TPSA) is 71.2 Å². The molecule has 88 valence electrons. The number of pyridine rings is 1. The number of aromatic amines is 1. The maximum absolute atomic E-state index is 11.4. The van der Waals surface area contributed by atoms with E-state index >= 15 is 0 Å². The average molecular weight is 224 g/mol. The summed E-state index contributed by atoms with van der Waals surface area (Å²) >= 11 is 0. The lowest BCUT2D eigenvalue weighted by atomic mass is 10.2. The van der Waals surface area contributed by atoms with Crippen molar-refractivity contribution >= 4 is 11.8 Å². The molecule has 1 amide bonds. The standard InChI is InChI=1S/C11H16N2O3/c1-7-5-6-12-9(14)8(7)13-10(15)16-11(2,3)4/h5-6H,1-4H3,(H,12,14)(H,13,15). The van der Waals surface area contributed by atoms with E-state index in [-0.39, 0.29) is 11.2 Å². The number of H-pyrrole nitrogens is 1. The fraction of sp³-hybridized carbons (Fsp3) is 0.455. The van der Waals surface area contributed by atoms with Crippen LogP contribution in [0.5, 0.6) is 0 Å². The van der Waals surface area contributed by atoms with Crippen molar-refractivity contribution < 1.29 is 9.53 Å². The molecule has 0 fully saturated rings. The van der Waals surface area contributed by atoms with Crippen LogP contribution in [-0.4, -0.2) is 16.7 Å². The van der Waals surface area contributed by atoms with Crippen LogP contribution in [0, 0.1) is 6.92 Å². The predicted molar refractivity (Wildman–Crippen MR) is 61.7 cm³/mol. The molecule has 1 aromatic heterocycles. The number of anilines is 1. The van der Waals surface area contributed by atoms with Gasteiger partial charge in [-0.3, -0.25) is 10.1 Å². The monoisotopic (exact) mass is 224 g/mol. The van der Waals surface area contributed by atoms with Crippen LogP contribution in [0.2, 0.25) is 0 Å². The zero-order valence-corrected chi connectivity index (χ0v) is 9.88. The number of hydrogen-bond acceptors (Lipinski definition) is 3. The van der Waals surface area contributed by atoms with Gasteiger partial charge in [-0.1, -0.05) is 0 Å². The number of rotatable bonds is 1. The van der Waals surface area contributed by atoms with Crippen LogP contribution in [0.25, 0.3) is 0 Å². The quantitative estimate of drug-likeness (QED) is 0.766. The molecule has 2 N–H and O–H groups in total. The van der Waals surface area contributed by atoms with Gasteiger partial charge in [0.05, 0.1) is 0 Å². The van der Waals surface area contributed by atoms with E-state index in [0.717, 1.165) is 0 Å². The van der Waals surface area contributed by atoms with Gasteiger partial charge in [-0.25, -0.2) is 4.79 Å². The number of aryl methyl sites for hydroxylation is 1. The molecule has 5 heteroatoms. The fourth-order valence-corrected chi connectivity index (χ4v) is 1.14. The van der Waals surface area contributed by atoms with Gasteiger partial charge in [-0.2, -0.15) is 0 Å². The minimum absolute atomic E-state index is 0.219. The third-order valence-corrected chi connectivity index (χ3v) is 1.80. The van der Waals surface area contributed by atoms with Gasteiger partial charge >= 0.3 is 6.09 Å². The molecule has 0 aromatic carbocycles. The lowest BCUT2D eigenvalue weighted by Crippen LogP contribution is -2.29. The van der Waals surface area contributed by atoms with Crippen molar-refractivity contribution in [1.29, 1.82) is 0 Å². The summed E-state index contributed by atoms with van der Waals surface area (Å²) in [5.41, 5.74) is -0.0169. The molecule has 0 unspecified atom stereocenters. The molecule has 16 heavy (non-hydrogen) atoms. The predicted octanol–water partition coefficient (Wildman–Crippen LogP) is 2.03. The van der Waals surface area contributed by atoms with Gasteiger partial charge in [0, 0.05) is 6.20 Å². The number of carbonyl (C=O) groups excluding carboxylic acids is 1. The zero-order chi connectivity index (χ0) is 12.3. The maximum atomic E-state index is 11.4. The SMILES string of the molecule is Cc1cc[nH]c(=O)c1NC(=O)OC(C)(C)C. The van der Waals surface area contributed by atoms with Gasteiger partial charge < -0.3 is 9.72 Å². The number of carbonyl (C=O) groups is 1. The highest BCUT2D eigenvalue weighted by molar-refractivity contribution is 5.85. The molecular formula is C11H16N2O3. The van der Waals surface area contributed by atoms with Gasteiger partial charge in [0.25, 0.3) is 5.56 Å². The molecule has 0 atom stereocenters. The number of aromatic nitrogens is 1. The Hall–Kier alpha value is -1.78. The third-order valence-electron chi connectivity index (χ3n) is 1.80. The molecule has 0 bridgehead atoms. The van der Waals surface area contributed by atoms with Gasteiger partial charge in [-0.05, 0) is 39.3 Å². The molecule has 0 saturated heterocycles. The summed E-state index contributed by atoms with van der Waals surface area (Å²) in [5.74, 6) is 0. The van der Waals surface area contributed by atoms with Crippen molar-refractivity contribution in [2.75, 3.05) is 5.32 Å². The van der Waals surface area contributed by atoms with Crippen LogP contribution >= 0.6 is 0 Å². The number of hydrogen-bond donors (Lipinski definition) is 2. The van der Waals surface area contributed by atoms with E-state index in [1.807, 2.05) is 0 Å². The van der Waals surface area contributed by atoms with Crippen molar-refractivity contribution in [2.24, 2.45) is 0 Å². The second kappa shape index (κ2) is 4.38. The summed E-state index contributed by atoms with van der Waals surface area (Å²) in [6.45, 7) is 7.01. The molecule has 0 aliphatic heterocycles. The number of nitrogens with one attached hydrogen (secondary N) is 2. The molecule has 0 radical (unpaired) electrons. The Morgan fingerprint density at radius 2 is 2.06 bits per heavy atom. The van der Waals surface area contributed by atoms with E-state index in [9.17, 15) is 9.59 Å². The first-order chi connectivity index (χ1) is 7.29. The molecule has 0 saturated carbocycles. The lowest BCUT2D eigenvalue weighted by molar-refractivity contribution is 0.0635. The van der Waals surface area contributed by atoms with Crippen LogP contribution in [0.4, 0.5) is 10.5 Å². The van der Waals surface area contributed by atoms with Crippen LogP contribution < -0.4 is 10.9 Å². The summed E-state index contributed by atoms with van der Waals surface area (Å²) in [6.07, 6.45) is 0.894. The van der Waals surface area contributed by atoms with E-state index in [1.54, 1.807) is 33.8 Å². The highest BCUT2D eigenvalue weighted by Gasteiger charge is 2.17. The summed E-state index contributed by atoms with van der Waals surface area (Å²) in [5, 5.41) is 2.43. The van der Waals surface area contributed by atoms with E-state index in [1.165, 1.54) is 6.20 Å². The van der Waals surface area contributed by atoms with Gasteiger partial charge in [-0.15, -0.1) is 0 Å². The van der Waals surface area contributed by atoms with Crippen molar-refractivity contribution in [2.45, 2.75) is 33.3 Å². The molecule has 1 heterocycles. The first-order valence-corrected chi connectivity index (χ1v) is 4.98. The number of amides is 1. The molecule has 0 aliphatic carbocycles. The summed E-state index contributed by atoms with van der Waals surface area (Å²) < 4.78 is 5.05. The Morgan fingerprint density at radius 3 is 2.56 bits per heavy atom. The van der Waals surface area contributed by atoms with E-state index < -0.39 is 11.7 Å². The van der Waals surface area contributed by atoms with Crippen molar-refractivity contribution in [1.82, 2.24) is 4.98 Å². The van der Waals surface area contributed by atoms with Gasteiger partial charge in [0.1, 0.15) is 11.3 Å². The summed E-state index contributed by atoms with van der Waals surface area (Å²) in [6, 6.07) is 1.70. The molecule has 1 aromatic rings. The molecule has 0 aliphatic rings. The van der Waals surface area contributed by atoms with Crippen LogP contribution in [-0.2, 0) is 4.74 Å². The Morgan fingerprint density at radius 1 is 1.44 bits per heavy atom. The van der Waals surface area contributed by atoms with E-state index in [0.29, 0.717) is 5.56 Å². The largest absolute Gasteiger partial charge is 0.444 e. The number of ether oxygens (including phenoxy) is 1.